The van der Waals surface area contributed by atoms with E-state index < -0.39 is 0 Å². The predicted molar refractivity (Wildman–Crippen MR) is 73.9 cm³/mol. The average Bonchev–Trinajstić information content (AvgIpc) is 2.40. The smallest absolute Gasteiger partial charge is 0.236 e. The summed E-state index contributed by atoms with van der Waals surface area (Å²) in [6.07, 6.45) is 0.383. The molecule has 5 nitrogen and oxygen atoms in total. The summed E-state index contributed by atoms with van der Waals surface area (Å²) in [6.45, 7) is 0.239. The second kappa shape index (κ2) is 5.40. The lowest BCUT2D eigenvalue weighted by Gasteiger charge is -2.32. The van der Waals surface area contributed by atoms with Crippen LogP contribution in [0.4, 0.5) is 5.69 Å². The first-order chi connectivity index (χ1) is 9.00. The molecule has 0 radical (unpaired) electrons. The third-order valence-electron chi connectivity index (χ3n) is 3.42. The molecule has 0 fully saturated rings. The predicted octanol–water partition coefficient (Wildman–Crippen LogP) is 0.772. The van der Waals surface area contributed by atoms with Crippen molar-refractivity contribution in [2.24, 2.45) is 0 Å². The van der Waals surface area contributed by atoms with Gasteiger partial charge in [0, 0.05) is 39.3 Å². The number of rotatable bonds is 3. The maximum atomic E-state index is 11.9. The van der Waals surface area contributed by atoms with Crippen LogP contribution >= 0.6 is 0 Å². The molecule has 0 aliphatic carbocycles. The molecule has 1 heterocycles. The van der Waals surface area contributed by atoms with Crippen LogP contribution < -0.4 is 10.2 Å². The van der Waals surface area contributed by atoms with Crippen molar-refractivity contribution in [3.8, 4) is 0 Å². The molecule has 0 spiro atoms. The summed E-state index contributed by atoms with van der Waals surface area (Å²) >= 11 is 0. The zero-order chi connectivity index (χ0) is 14.0. The Morgan fingerprint density at radius 2 is 2.11 bits per heavy atom. The number of hydrogen-bond acceptors (Lipinski definition) is 3. The highest BCUT2D eigenvalue weighted by atomic mass is 16.2. The zero-order valence-electron chi connectivity index (χ0n) is 11.5. The van der Waals surface area contributed by atoms with Crippen molar-refractivity contribution in [3.05, 3.63) is 29.8 Å². The van der Waals surface area contributed by atoms with E-state index in [-0.39, 0.29) is 24.4 Å². The molecule has 1 aromatic carbocycles. The van der Waals surface area contributed by atoms with Gasteiger partial charge in [0.15, 0.2) is 0 Å². The van der Waals surface area contributed by atoms with Crippen LogP contribution in [0.1, 0.15) is 18.0 Å². The summed E-state index contributed by atoms with van der Waals surface area (Å²) in [5, 5.41) is 3.17. The van der Waals surface area contributed by atoms with Gasteiger partial charge in [0.05, 0.1) is 6.54 Å². The quantitative estimate of drug-likeness (QED) is 0.874. The number of benzene rings is 1. The number of amides is 2. The van der Waals surface area contributed by atoms with Gasteiger partial charge in [-0.15, -0.1) is 0 Å². The molecular formula is C14H19N3O2. The lowest BCUT2D eigenvalue weighted by atomic mass is 9.96. The summed E-state index contributed by atoms with van der Waals surface area (Å²) in [5.41, 5.74) is 1.98. The first kappa shape index (κ1) is 13.5. The zero-order valence-corrected chi connectivity index (χ0v) is 11.5. The minimum absolute atomic E-state index is 0.00357. The largest absolute Gasteiger partial charge is 0.348 e. The van der Waals surface area contributed by atoms with Gasteiger partial charge in [0.2, 0.25) is 11.8 Å². The molecule has 19 heavy (non-hydrogen) atoms. The topological polar surface area (TPSA) is 52.7 Å². The Labute approximate surface area is 113 Å². The fourth-order valence-electron chi connectivity index (χ4n) is 2.19. The number of likely N-dealkylation sites (N-methyl/N-ethyl adjacent to an activating group) is 1. The molecule has 0 saturated heterocycles. The van der Waals surface area contributed by atoms with Gasteiger partial charge in [-0.05, 0) is 11.6 Å². The molecule has 102 valence electrons. The highest BCUT2D eigenvalue weighted by Crippen LogP contribution is 2.33. The van der Waals surface area contributed by atoms with Crippen molar-refractivity contribution in [1.82, 2.24) is 10.2 Å². The molecular weight excluding hydrogens is 242 g/mol. The van der Waals surface area contributed by atoms with Crippen LogP contribution in [0.15, 0.2) is 24.3 Å². The third kappa shape index (κ3) is 2.76. The van der Waals surface area contributed by atoms with Crippen LogP contribution in [0.3, 0.4) is 0 Å². The van der Waals surface area contributed by atoms with Crippen molar-refractivity contribution in [2.75, 3.05) is 32.6 Å². The van der Waals surface area contributed by atoms with Gasteiger partial charge in [0.25, 0.3) is 0 Å². The number of carbonyl (C=O) groups excluding carboxylic acids is 2. The van der Waals surface area contributed by atoms with Crippen LogP contribution in [0.25, 0.3) is 0 Å². The van der Waals surface area contributed by atoms with Crippen molar-refractivity contribution in [1.29, 1.82) is 0 Å². The van der Waals surface area contributed by atoms with Gasteiger partial charge in [-0.1, -0.05) is 18.2 Å². The second-order valence-electron chi connectivity index (χ2n) is 4.94. The van der Waals surface area contributed by atoms with Crippen molar-refractivity contribution >= 4 is 17.5 Å². The second-order valence-corrected chi connectivity index (χ2v) is 4.94. The molecule has 1 atom stereocenters. The highest BCUT2D eigenvalue weighted by Gasteiger charge is 2.28. The van der Waals surface area contributed by atoms with E-state index in [4.69, 9.17) is 0 Å². The van der Waals surface area contributed by atoms with Gasteiger partial charge < -0.3 is 15.1 Å². The van der Waals surface area contributed by atoms with Crippen LogP contribution in [0, 0.1) is 0 Å². The molecule has 1 aliphatic heterocycles. The Bertz CT molecular complexity index is 499. The Kier molecular flexibility index (Phi) is 3.85. The lowest BCUT2D eigenvalue weighted by molar-refractivity contribution is -0.128. The molecule has 1 unspecified atom stereocenters. The van der Waals surface area contributed by atoms with Crippen LogP contribution in [0.5, 0.6) is 0 Å². The average molecular weight is 261 g/mol. The molecule has 1 aliphatic rings. The molecule has 0 aromatic heterocycles. The third-order valence-corrected chi connectivity index (χ3v) is 3.42. The van der Waals surface area contributed by atoms with Crippen LogP contribution in [0.2, 0.25) is 0 Å². The number of hydrogen-bond donors (Lipinski definition) is 1. The summed E-state index contributed by atoms with van der Waals surface area (Å²) in [5.74, 6) is 0.0670. The Hall–Kier alpha value is -1.88. The van der Waals surface area contributed by atoms with E-state index in [9.17, 15) is 9.59 Å². The first-order valence-electron chi connectivity index (χ1n) is 6.29. The molecule has 5 heteroatoms. The maximum Gasteiger partial charge on any atom is 0.236 e. The van der Waals surface area contributed by atoms with E-state index >= 15 is 0 Å². The van der Waals surface area contributed by atoms with E-state index in [2.05, 4.69) is 5.32 Å². The summed E-state index contributed by atoms with van der Waals surface area (Å²) in [6, 6.07) is 7.69. The molecule has 1 N–H and O–H groups in total. The number of anilines is 1. The minimum atomic E-state index is -0.0937. The highest BCUT2D eigenvalue weighted by molar-refractivity contribution is 5.96. The summed E-state index contributed by atoms with van der Waals surface area (Å²) < 4.78 is 0. The van der Waals surface area contributed by atoms with E-state index in [0.717, 1.165) is 11.3 Å². The van der Waals surface area contributed by atoms with E-state index in [1.54, 1.807) is 26.0 Å². The van der Waals surface area contributed by atoms with Crippen molar-refractivity contribution in [2.45, 2.75) is 12.5 Å². The summed E-state index contributed by atoms with van der Waals surface area (Å²) in [4.78, 5) is 26.8. The van der Waals surface area contributed by atoms with Gasteiger partial charge in [-0.25, -0.2) is 0 Å². The molecule has 1 aromatic rings. The van der Waals surface area contributed by atoms with Gasteiger partial charge in [-0.2, -0.15) is 0 Å². The molecule has 0 bridgehead atoms. The Morgan fingerprint density at radius 1 is 1.42 bits per heavy atom. The fraction of sp³-hybridized carbons (Fsp3) is 0.429. The minimum Gasteiger partial charge on any atom is -0.348 e. The monoisotopic (exact) mass is 261 g/mol. The SMILES string of the molecule is CN(C)C(=O)CNC1CC(=O)N(C)c2ccccc21. The summed E-state index contributed by atoms with van der Waals surface area (Å²) in [7, 11) is 5.22. The van der Waals surface area contributed by atoms with E-state index in [1.807, 2.05) is 24.3 Å². The number of nitrogens with zero attached hydrogens (tertiary/aromatic N) is 2. The molecule has 0 saturated carbocycles. The number of carbonyl (C=O) groups is 2. The van der Waals surface area contributed by atoms with E-state index in [0.29, 0.717) is 6.42 Å². The first-order valence-corrected chi connectivity index (χ1v) is 6.29. The Morgan fingerprint density at radius 3 is 2.79 bits per heavy atom. The van der Waals surface area contributed by atoms with Gasteiger partial charge >= 0.3 is 0 Å². The van der Waals surface area contributed by atoms with Crippen LogP contribution in [-0.4, -0.2) is 44.4 Å². The number of para-hydroxylation sites is 1. The molecule has 2 amide bonds. The van der Waals surface area contributed by atoms with Gasteiger partial charge in [0.1, 0.15) is 0 Å². The standard InChI is InChI=1S/C14H19N3O2/c1-16(2)14(19)9-15-11-8-13(18)17(3)12-7-5-4-6-10(11)12/h4-7,11,15H,8-9H2,1-3H3. The normalized spacial score (nSPS) is 18.2. The van der Waals surface area contributed by atoms with Crippen molar-refractivity contribution in [3.63, 3.8) is 0 Å². The lowest BCUT2D eigenvalue weighted by Crippen LogP contribution is -2.41. The Balaban J connectivity index is 2.16. The number of fused-ring (bicyclic) bond motifs is 1. The molecule has 2 rings (SSSR count). The number of nitrogens with one attached hydrogen (secondary N) is 1. The fourth-order valence-corrected chi connectivity index (χ4v) is 2.19. The van der Waals surface area contributed by atoms with E-state index in [1.165, 1.54) is 4.90 Å². The van der Waals surface area contributed by atoms with Gasteiger partial charge in [-0.3, -0.25) is 9.59 Å². The van der Waals surface area contributed by atoms with Crippen molar-refractivity contribution < 1.29 is 9.59 Å². The van der Waals surface area contributed by atoms with Crippen LogP contribution in [-0.2, 0) is 9.59 Å². The maximum absolute atomic E-state index is 11.9.